The van der Waals surface area contributed by atoms with E-state index < -0.39 is 8.07 Å². The summed E-state index contributed by atoms with van der Waals surface area (Å²) in [5, 5.41) is 19.0. The SMILES string of the molecule is C[Si](C)(C)CC1CC2C=CC2c2c(C#N)ccc(C#N)c21. The minimum atomic E-state index is -1.22. The molecule has 2 aliphatic rings. The van der Waals surface area contributed by atoms with E-state index in [4.69, 9.17) is 0 Å². The smallest absolute Gasteiger partial charge is 0.0994 e. The fourth-order valence-corrected chi connectivity index (χ4v) is 5.77. The van der Waals surface area contributed by atoms with Crippen molar-refractivity contribution in [3.05, 3.63) is 46.5 Å². The van der Waals surface area contributed by atoms with Gasteiger partial charge in [-0.15, -0.1) is 0 Å². The second-order valence-corrected chi connectivity index (χ2v) is 13.0. The van der Waals surface area contributed by atoms with E-state index >= 15 is 0 Å². The molecular formula is C18H20N2Si. The van der Waals surface area contributed by atoms with Crippen molar-refractivity contribution in [1.29, 1.82) is 10.5 Å². The van der Waals surface area contributed by atoms with Gasteiger partial charge in [0.1, 0.15) is 0 Å². The Morgan fingerprint density at radius 3 is 2.14 bits per heavy atom. The van der Waals surface area contributed by atoms with Crippen LogP contribution in [-0.2, 0) is 0 Å². The predicted octanol–water partition coefficient (Wildman–Crippen LogP) is 4.53. The lowest BCUT2D eigenvalue weighted by molar-refractivity contribution is 0.415. The number of allylic oxidation sites excluding steroid dienone is 2. The Balaban J connectivity index is 2.18. The van der Waals surface area contributed by atoms with Gasteiger partial charge in [-0.1, -0.05) is 37.8 Å². The van der Waals surface area contributed by atoms with Gasteiger partial charge in [0.2, 0.25) is 0 Å². The lowest BCUT2D eigenvalue weighted by Gasteiger charge is -2.42. The Labute approximate surface area is 127 Å². The van der Waals surface area contributed by atoms with Crippen LogP contribution in [0.4, 0.5) is 0 Å². The maximum absolute atomic E-state index is 9.50. The Bertz CT molecular complexity index is 698. The van der Waals surface area contributed by atoms with Gasteiger partial charge in [-0.3, -0.25) is 0 Å². The molecule has 0 amide bonds. The highest BCUT2D eigenvalue weighted by atomic mass is 28.3. The first-order valence-corrected chi connectivity index (χ1v) is 11.3. The molecule has 0 bridgehead atoms. The quantitative estimate of drug-likeness (QED) is 0.594. The molecule has 0 spiro atoms. The van der Waals surface area contributed by atoms with Crippen molar-refractivity contribution in [3.8, 4) is 12.1 Å². The van der Waals surface area contributed by atoms with E-state index in [0.29, 0.717) is 17.8 Å². The lowest BCUT2D eigenvalue weighted by atomic mass is 9.63. The molecule has 0 N–H and O–H groups in total. The number of fused-ring (bicyclic) bond motifs is 3. The molecule has 0 saturated heterocycles. The van der Waals surface area contributed by atoms with Crippen LogP contribution in [-0.4, -0.2) is 8.07 Å². The molecule has 3 rings (SSSR count). The van der Waals surface area contributed by atoms with E-state index in [1.807, 2.05) is 12.1 Å². The number of hydrogen-bond donors (Lipinski definition) is 0. The van der Waals surface area contributed by atoms with Gasteiger partial charge < -0.3 is 0 Å². The van der Waals surface area contributed by atoms with Crippen LogP contribution in [0.5, 0.6) is 0 Å². The summed E-state index contributed by atoms with van der Waals surface area (Å²) >= 11 is 0. The van der Waals surface area contributed by atoms with Crippen LogP contribution in [0.15, 0.2) is 24.3 Å². The molecule has 21 heavy (non-hydrogen) atoms. The van der Waals surface area contributed by atoms with Crippen molar-refractivity contribution < 1.29 is 0 Å². The normalized spacial score (nSPS) is 26.0. The molecule has 0 saturated carbocycles. The van der Waals surface area contributed by atoms with Gasteiger partial charge in [0.05, 0.1) is 23.3 Å². The largest absolute Gasteiger partial charge is 0.192 e. The second kappa shape index (κ2) is 4.86. The Morgan fingerprint density at radius 1 is 1.05 bits per heavy atom. The molecule has 106 valence electrons. The third kappa shape index (κ3) is 2.32. The molecular weight excluding hydrogens is 272 g/mol. The molecule has 2 nitrogen and oxygen atoms in total. The highest BCUT2D eigenvalue weighted by Gasteiger charge is 2.40. The minimum absolute atomic E-state index is 0.362. The van der Waals surface area contributed by atoms with E-state index in [-0.39, 0.29) is 0 Å². The molecule has 3 heteroatoms. The molecule has 3 unspecified atom stereocenters. The van der Waals surface area contributed by atoms with Crippen LogP contribution < -0.4 is 0 Å². The Morgan fingerprint density at radius 2 is 1.67 bits per heavy atom. The zero-order valence-electron chi connectivity index (χ0n) is 12.9. The molecule has 1 aromatic rings. The molecule has 3 atom stereocenters. The molecule has 0 aromatic heterocycles. The first-order valence-electron chi connectivity index (χ1n) is 7.60. The number of nitriles is 2. The van der Waals surface area contributed by atoms with E-state index in [9.17, 15) is 10.5 Å². The van der Waals surface area contributed by atoms with Crippen molar-refractivity contribution >= 4 is 8.07 Å². The van der Waals surface area contributed by atoms with Gasteiger partial charge in [-0.25, -0.2) is 0 Å². The summed E-state index contributed by atoms with van der Waals surface area (Å²) in [7, 11) is -1.22. The average molecular weight is 292 g/mol. The summed E-state index contributed by atoms with van der Waals surface area (Å²) in [5.41, 5.74) is 3.89. The van der Waals surface area contributed by atoms with Gasteiger partial charge in [-0.05, 0) is 41.5 Å². The van der Waals surface area contributed by atoms with Crippen molar-refractivity contribution in [2.75, 3.05) is 0 Å². The molecule has 2 aliphatic carbocycles. The summed E-state index contributed by atoms with van der Waals surface area (Å²) < 4.78 is 0. The summed E-state index contributed by atoms with van der Waals surface area (Å²) in [4.78, 5) is 0. The summed E-state index contributed by atoms with van der Waals surface area (Å²) in [6.07, 6.45) is 5.63. The third-order valence-electron chi connectivity index (χ3n) is 4.71. The standard InChI is InChI=1S/C18H20N2Si/c1-21(2,3)11-15-8-12-6-7-16(12)18-14(10-20)5-4-13(9-19)17(15)18/h4-7,12,15-16H,8,11H2,1-3H3. The highest BCUT2D eigenvalue weighted by Crippen LogP contribution is 2.52. The summed E-state index contributed by atoms with van der Waals surface area (Å²) in [5.74, 6) is 1.38. The zero-order chi connectivity index (χ0) is 15.2. The first kappa shape index (κ1) is 14.1. The molecule has 0 radical (unpaired) electrons. The van der Waals surface area contributed by atoms with Crippen LogP contribution in [0.2, 0.25) is 25.7 Å². The number of benzene rings is 1. The Hall–Kier alpha value is -1.84. The second-order valence-electron chi connectivity index (χ2n) is 7.48. The number of hydrogen-bond acceptors (Lipinski definition) is 2. The van der Waals surface area contributed by atoms with Crippen molar-refractivity contribution in [3.63, 3.8) is 0 Å². The maximum Gasteiger partial charge on any atom is 0.0994 e. The predicted molar refractivity (Wildman–Crippen MR) is 86.8 cm³/mol. The van der Waals surface area contributed by atoms with Crippen LogP contribution in [0, 0.1) is 28.6 Å². The minimum Gasteiger partial charge on any atom is -0.192 e. The van der Waals surface area contributed by atoms with Crippen molar-refractivity contribution in [2.45, 2.75) is 43.9 Å². The lowest BCUT2D eigenvalue weighted by Crippen LogP contribution is -2.32. The van der Waals surface area contributed by atoms with Gasteiger partial charge >= 0.3 is 0 Å². The molecule has 1 aromatic carbocycles. The van der Waals surface area contributed by atoms with Gasteiger partial charge in [0.25, 0.3) is 0 Å². The van der Waals surface area contributed by atoms with Crippen molar-refractivity contribution in [1.82, 2.24) is 0 Å². The first-order chi connectivity index (χ1) is 9.94. The third-order valence-corrected chi connectivity index (χ3v) is 6.43. The van der Waals surface area contributed by atoms with Crippen LogP contribution in [0.25, 0.3) is 0 Å². The van der Waals surface area contributed by atoms with Crippen molar-refractivity contribution in [2.24, 2.45) is 5.92 Å². The van der Waals surface area contributed by atoms with E-state index in [1.54, 1.807) is 0 Å². The monoisotopic (exact) mass is 292 g/mol. The summed E-state index contributed by atoms with van der Waals surface area (Å²) in [6, 6.07) is 9.58. The van der Waals surface area contributed by atoms with E-state index in [2.05, 4.69) is 43.9 Å². The van der Waals surface area contributed by atoms with E-state index in [0.717, 1.165) is 23.1 Å². The Kier molecular flexibility index (Phi) is 3.27. The highest BCUT2D eigenvalue weighted by molar-refractivity contribution is 6.76. The molecule has 0 aliphatic heterocycles. The zero-order valence-corrected chi connectivity index (χ0v) is 13.9. The fraction of sp³-hybridized carbons (Fsp3) is 0.444. The van der Waals surface area contributed by atoms with Crippen LogP contribution in [0.1, 0.15) is 40.5 Å². The molecule has 0 fully saturated rings. The number of rotatable bonds is 2. The van der Waals surface area contributed by atoms with Crippen LogP contribution >= 0.6 is 0 Å². The van der Waals surface area contributed by atoms with Gasteiger partial charge in [0.15, 0.2) is 0 Å². The average Bonchev–Trinajstić information content (AvgIpc) is 2.39. The van der Waals surface area contributed by atoms with Gasteiger partial charge in [-0.2, -0.15) is 10.5 Å². The van der Waals surface area contributed by atoms with Crippen LogP contribution in [0.3, 0.4) is 0 Å². The van der Waals surface area contributed by atoms with E-state index in [1.165, 1.54) is 11.6 Å². The molecule has 0 heterocycles. The van der Waals surface area contributed by atoms with Gasteiger partial charge in [0, 0.05) is 14.0 Å². The topological polar surface area (TPSA) is 47.6 Å². The maximum atomic E-state index is 9.50. The fourth-order valence-electron chi connectivity index (χ4n) is 3.92. The summed E-state index contributed by atoms with van der Waals surface area (Å²) in [6.45, 7) is 7.15. The number of nitrogens with zero attached hydrogens (tertiary/aromatic N) is 2.